The van der Waals surface area contributed by atoms with Gasteiger partial charge in [-0.05, 0) is 40.7 Å². The summed E-state index contributed by atoms with van der Waals surface area (Å²) in [6, 6.07) is 8.45. The Morgan fingerprint density at radius 1 is 1.28 bits per heavy atom. The summed E-state index contributed by atoms with van der Waals surface area (Å²) >= 11 is 3.60. The van der Waals surface area contributed by atoms with E-state index in [-0.39, 0.29) is 5.41 Å². The lowest BCUT2D eigenvalue weighted by molar-refractivity contribution is 0.570. The van der Waals surface area contributed by atoms with Gasteiger partial charge in [-0.3, -0.25) is 4.98 Å². The molecule has 96 valence electrons. The molecular weight excluding hydrogens is 288 g/mol. The Morgan fingerprint density at radius 3 is 2.61 bits per heavy atom. The van der Waals surface area contributed by atoms with E-state index in [9.17, 15) is 0 Å². The van der Waals surface area contributed by atoms with E-state index in [1.165, 1.54) is 10.9 Å². The molecule has 0 saturated carbocycles. The van der Waals surface area contributed by atoms with E-state index in [4.69, 9.17) is 4.98 Å². The summed E-state index contributed by atoms with van der Waals surface area (Å²) in [5, 5.41) is 4.45. The average Bonchev–Trinajstić information content (AvgIpc) is 2.29. The van der Waals surface area contributed by atoms with Crippen molar-refractivity contribution in [3.8, 4) is 0 Å². The van der Waals surface area contributed by atoms with Gasteiger partial charge in [0.05, 0.1) is 5.52 Å². The van der Waals surface area contributed by atoms with Gasteiger partial charge in [0.15, 0.2) is 0 Å². The fourth-order valence-corrected chi connectivity index (χ4v) is 2.46. The Balaban J connectivity index is 2.75. The number of rotatable bonds is 2. The number of aromatic nitrogens is 1. The number of benzene rings is 1. The largest absolute Gasteiger partial charge is 0.316 e. The summed E-state index contributed by atoms with van der Waals surface area (Å²) in [5.74, 6) is 0. The second kappa shape index (κ2) is 4.98. The van der Waals surface area contributed by atoms with Gasteiger partial charge in [0.25, 0.3) is 0 Å². The minimum absolute atomic E-state index is 0.0615. The summed E-state index contributed by atoms with van der Waals surface area (Å²) in [7, 11) is 1.97. The number of hydrogen-bond donors (Lipinski definition) is 1. The number of nitrogens with one attached hydrogen (secondary N) is 1. The SMILES string of the molecule is CNCc1cc(C(C)(C)C)nc2c(Br)cccc12. The first-order chi connectivity index (χ1) is 8.43. The van der Waals surface area contributed by atoms with Crippen molar-refractivity contribution in [2.75, 3.05) is 7.05 Å². The molecule has 2 nitrogen and oxygen atoms in total. The standard InChI is InChI=1S/C15H19BrN2/c1-15(2,3)13-8-10(9-17-4)11-6-5-7-12(16)14(11)18-13/h5-8,17H,9H2,1-4H3. The van der Waals surface area contributed by atoms with Crippen molar-refractivity contribution < 1.29 is 0 Å². The molecule has 0 saturated heterocycles. The highest BCUT2D eigenvalue weighted by molar-refractivity contribution is 9.10. The zero-order valence-electron chi connectivity index (χ0n) is 11.3. The molecule has 18 heavy (non-hydrogen) atoms. The number of pyridine rings is 1. The Hall–Kier alpha value is -0.930. The first-order valence-corrected chi connectivity index (χ1v) is 6.96. The maximum Gasteiger partial charge on any atom is 0.0850 e. The summed E-state index contributed by atoms with van der Waals surface area (Å²) in [6.07, 6.45) is 0. The van der Waals surface area contributed by atoms with Crippen LogP contribution in [-0.4, -0.2) is 12.0 Å². The van der Waals surface area contributed by atoms with E-state index in [1.807, 2.05) is 13.1 Å². The monoisotopic (exact) mass is 306 g/mol. The molecule has 2 aromatic rings. The van der Waals surface area contributed by atoms with Crippen LogP contribution >= 0.6 is 15.9 Å². The molecule has 0 atom stereocenters. The number of halogens is 1. The van der Waals surface area contributed by atoms with Crippen molar-refractivity contribution in [1.82, 2.24) is 10.3 Å². The van der Waals surface area contributed by atoms with Crippen molar-refractivity contribution in [2.45, 2.75) is 32.7 Å². The molecule has 0 spiro atoms. The van der Waals surface area contributed by atoms with E-state index >= 15 is 0 Å². The normalized spacial score (nSPS) is 12.1. The Morgan fingerprint density at radius 2 is 2.00 bits per heavy atom. The molecule has 0 bridgehead atoms. The van der Waals surface area contributed by atoms with Gasteiger partial charge in [-0.25, -0.2) is 0 Å². The third-order valence-electron chi connectivity index (χ3n) is 3.01. The van der Waals surface area contributed by atoms with Crippen LogP contribution in [-0.2, 0) is 12.0 Å². The van der Waals surface area contributed by atoms with Crippen LogP contribution in [0.2, 0.25) is 0 Å². The predicted molar refractivity (Wildman–Crippen MR) is 80.9 cm³/mol. The van der Waals surface area contributed by atoms with Crippen LogP contribution in [0.4, 0.5) is 0 Å². The minimum Gasteiger partial charge on any atom is -0.316 e. The minimum atomic E-state index is 0.0615. The molecule has 0 unspecified atom stereocenters. The van der Waals surface area contributed by atoms with E-state index in [0.717, 1.165) is 22.2 Å². The third kappa shape index (κ3) is 2.57. The first-order valence-electron chi connectivity index (χ1n) is 6.16. The Labute approximate surface area is 117 Å². The quantitative estimate of drug-likeness (QED) is 0.906. The molecule has 1 heterocycles. The maximum absolute atomic E-state index is 4.81. The lowest BCUT2D eigenvalue weighted by Crippen LogP contribution is -2.15. The molecule has 1 N–H and O–H groups in total. The number of para-hydroxylation sites is 1. The van der Waals surface area contributed by atoms with Crippen LogP contribution in [0.3, 0.4) is 0 Å². The summed E-state index contributed by atoms with van der Waals surface area (Å²) < 4.78 is 1.06. The molecule has 2 rings (SSSR count). The zero-order chi connectivity index (χ0) is 13.3. The van der Waals surface area contributed by atoms with Gasteiger partial charge in [-0.2, -0.15) is 0 Å². The van der Waals surface area contributed by atoms with Gasteiger partial charge in [0.1, 0.15) is 0 Å². The summed E-state index contributed by atoms with van der Waals surface area (Å²) in [5.41, 5.74) is 3.54. The van der Waals surface area contributed by atoms with Crippen LogP contribution in [0.5, 0.6) is 0 Å². The van der Waals surface area contributed by atoms with Crippen LogP contribution in [0.15, 0.2) is 28.7 Å². The molecule has 1 aromatic heterocycles. The van der Waals surface area contributed by atoms with E-state index < -0.39 is 0 Å². The maximum atomic E-state index is 4.81. The molecule has 1 aromatic carbocycles. The number of hydrogen-bond acceptors (Lipinski definition) is 2. The van der Waals surface area contributed by atoms with Gasteiger partial charge in [0.2, 0.25) is 0 Å². The molecule has 0 aliphatic rings. The van der Waals surface area contributed by atoms with Crippen molar-refractivity contribution in [3.05, 3.63) is 40.0 Å². The van der Waals surface area contributed by atoms with Crippen LogP contribution < -0.4 is 5.32 Å². The second-order valence-electron chi connectivity index (χ2n) is 5.58. The van der Waals surface area contributed by atoms with Gasteiger partial charge in [0, 0.05) is 27.5 Å². The van der Waals surface area contributed by atoms with E-state index in [1.54, 1.807) is 0 Å². The lowest BCUT2D eigenvalue weighted by Gasteiger charge is -2.20. The molecule has 0 fully saturated rings. The third-order valence-corrected chi connectivity index (χ3v) is 3.65. The Kier molecular flexibility index (Phi) is 3.74. The van der Waals surface area contributed by atoms with Crippen LogP contribution in [0, 0.1) is 0 Å². The first kappa shape index (κ1) is 13.5. The highest BCUT2D eigenvalue weighted by Crippen LogP contribution is 2.29. The van der Waals surface area contributed by atoms with E-state index in [2.05, 4.69) is 60.2 Å². The molecule has 3 heteroatoms. The summed E-state index contributed by atoms with van der Waals surface area (Å²) in [6.45, 7) is 7.45. The molecule has 0 aliphatic carbocycles. The van der Waals surface area contributed by atoms with Crippen molar-refractivity contribution in [2.24, 2.45) is 0 Å². The van der Waals surface area contributed by atoms with Crippen LogP contribution in [0.25, 0.3) is 10.9 Å². The molecule has 0 radical (unpaired) electrons. The van der Waals surface area contributed by atoms with Crippen molar-refractivity contribution >= 4 is 26.8 Å². The van der Waals surface area contributed by atoms with E-state index in [0.29, 0.717) is 0 Å². The second-order valence-corrected chi connectivity index (χ2v) is 6.44. The highest BCUT2D eigenvalue weighted by atomic mass is 79.9. The van der Waals surface area contributed by atoms with Crippen LogP contribution in [0.1, 0.15) is 32.0 Å². The summed E-state index contributed by atoms with van der Waals surface area (Å²) in [4.78, 5) is 4.81. The molecule has 0 amide bonds. The fourth-order valence-electron chi connectivity index (χ4n) is 2.00. The number of fused-ring (bicyclic) bond motifs is 1. The van der Waals surface area contributed by atoms with Gasteiger partial charge in [-0.15, -0.1) is 0 Å². The fraction of sp³-hybridized carbons (Fsp3) is 0.400. The molecule has 0 aliphatic heterocycles. The topological polar surface area (TPSA) is 24.9 Å². The van der Waals surface area contributed by atoms with Gasteiger partial charge >= 0.3 is 0 Å². The lowest BCUT2D eigenvalue weighted by atomic mass is 9.90. The smallest absolute Gasteiger partial charge is 0.0850 e. The van der Waals surface area contributed by atoms with Crippen molar-refractivity contribution in [3.63, 3.8) is 0 Å². The molecular formula is C15H19BrN2. The highest BCUT2D eigenvalue weighted by Gasteiger charge is 2.18. The van der Waals surface area contributed by atoms with Gasteiger partial charge in [-0.1, -0.05) is 32.9 Å². The number of nitrogens with zero attached hydrogens (tertiary/aromatic N) is 1. The predicted octanol–water partition coefficient (Wildman–Crippen LogP) is 4.01. The zero-order valence-corrected chi connectivity index (χ0v) is 12.9. The Bertz CT molecular complexity index is 570. The average molecular weight is 307 g/mol. The van der Waals surface area contributed by atoms with Gasteiger partial charge < -0.3 is 5.32 Å². The van der Waals surface area contributed by atoms with Crippen molar-refractivity contribution in [1.29, 1.82) is 0 Å².